The van der Waals surface area contributed by atoms with Crippen LogP contribution in [-0.2, 0) is 0 Å². The molecule has 0 aromatic heterocycles. The summed E-state index contributed by atoms with van der Waals surface area (Å²) in [5.41, 5.74) is 0. The van der Waals surface area contributed by atoms with Gasteiger partial charge in [-0.2, -0.15) is 0 Å². The highest BCUT2D eigenvalue weighted by Gasteiger charge is 1.90. The Balaban J connectivity index is 3.54. The van der Waals surface area contributed by atoms with E-state index in [-0.39, 0.29) is 0 Å². The molecule has 0 aromatic carbocycles. The lowest BCUT2D eigenvalue weighted by Crippen LogP contribution is -1.85. The Morgan fingerprint density at radius 2 is 2.11 bits per heavy atom. The third kappa shape index (κ3) is 4.01. The van der Waals surface area contributed by atoms with Gasteiger partial charge in [0.25, 0.3) is 0 Å². The van der Waals surface area contributed by atoms with Gasteiger partial charge in [-0.25, -0.2) is 0 Å². The second-order valence-corrected chi connectivity index (χ2v) is 2.14. The molecule has 0 rings (SSSR count). The molecule has 1 atom stereocenters. The van der Waals surface area contributed by atoms with Gasteiger partial charge in [-0.05, 0) is 18.8 Å². The number of rotatable bonds is 4. The first-order valence-corrected chi connectivity index (χ1v) is 3.64. The van der Waals surface area contributed by atoms with Crippen LogP contribution in [0.3, 0.4) is 0 Å². The van der Waals surface area contributed by atoms with E-state index < -0.39 is 0 Å². The fourth-order valence-corrected chi connectivity index (χ4v) is 0.692. The highest BCUT2D eigenvalue weighted by molar-refractivity contribution is 4.95. The van der Waals surface area contributed by atoms with Crippen molar-refractivity contribution in [2.45, 2.75) is 26.7 Å². The van der Waals surface area contributed by atoms with E-state index >= 15 is 0 Å². The van der Waals surface area contributed by atoms with Gasteiger partial charge < -0.3 is 0 Å². The fraction of sp³-hybridized carbons (Fsp3) is 0.556. The highest BCUT2D eigenvalue weighted by atomic mass is 14.0. The highest BCUT2D eigenvalue weighted by Crippen LogP contribution is 2.04. The molecule has 0 amide bonds. The van der Waals surface area contributed by atoms with Gasteiger partial charge in [0.2, 0.25) is 0 Å². The third-order valence-electron chi connectivity index (χ3n) is 1.39. The molecule has 0 aromatic rings. The average molecular weight is 124 g/mol. The summed E-state index contributed by atoms with van der Waals surface area (Å²) in [4.78, 5) is 0. The molecule has 0 nitrogen and oxygen atoms in total. The molecule has 0 fully saturated rings. The summed E-state index contributed by atoms with van der Waals surface area (Å²) in [6.45, 7) is 8.05. The van der Waals surface area contributed by atoms with Crippen LogP contribution in [0.5, 0.6) is 0 Å². The molecule has 0 aliphatic heterocycles. The van der Waals surface area contributed by atoms with Crippen LogP contribution in [0.4, 0.5) is 0 Å². The molecular formula is C9H16. The SMILES string of the molecule is C=CC(/C=C/CC)CC. The Morgan fingerprint density at radius 3 is 2.44 bits per heavy atom. The summed E-state index contributed by atoms with van der Waals surface area (Å²) in [5.74, 6) is 0.588. The predicted molar refractivity (Wildman–Crippen MR) is 43.4 cm³/mol. The molecular weight excluding hydrogens is 108 g/mol. The summed E-state index contributed by atoms with van der Waals surface area (Å²) in [6, 6.07) is 0. The van der Waals surface area contributed by atoms with E-state index in [1.165, 1.54) is 6.42 Å². The van der Waals surface area contributed by atoms with Crippen LogP contribution in [0, 0.1) is 5.92 Å². The molecule has 1 unspecified atom stereocenters. The molecule has 0 saturated heterocycles. The molecule has 0 radical (unpaired) electrons. The minimum Gasteiger partial charge on any atom is -0.102 e. The standard InChI is InChI=1S/C9H16/c1-4-7-8-9(5-2)6-3/h5,7-9H,2,4,6H2,1,3H3/b8-7+. The van der Waals surface area contributed by atoms with Crippen LogP contribution in [0.2, 0.25) is 0 Å². The largest absolute Gasteiger partial charge is 0.102 e. The summed E-state index contributed by atoms with van der Waals surface area (Å²) >= 11 is 0. The van der Waals surface area contributed by atoms with E-state index in [4.69, 9.17) is 0 Å². The van der Waals surface area contributed by atoms with E-state index in [2.05, 4.69) is 32.6 Å². The Bertz CT molecular complexity index is 90.2. The maximum Gasteiger partial charge on any atom is -0.00588 e. The van der Waals surface area contributed by atoms with Crippen LogP contribution in [-0.4, -0.2) is 0 Å². The van der Waals surface area contributed by atoms with E-state index in [1.807, 2.05) is 6.08 Å². The van der Waals surface area contributed by atoms with E-state index in [0.717, 1.165) is 6.42 Å². The summed E-state index contributed by atoms with van der Waals surface area (Å²) in [7, 11) is 0. The molecule has 52 valence electrons. The zero-order valence-corrected chi connectivity index (χ0v) is 6.43. The van der Waals surface area contributed by atoms with Crippen molar-refractivity contribution in [3.8, 4) is 0 Å². The van der Waals surface area contributed by atoms with Gasteiger partial charge in [0.15, 0.2) is 0 Å². The molecule has 0 N–H and O–H groups in total. The maximum atomic E-state index is 3.73. The summed E-state index contributed by atoms with van der Waals surface area (Å²) < 4.78 is 0. The Hall–Kier alpha value is -0.520. The molecule has 0 bridgehead atoms. The Kier molecular flexibility index (Phi) is 5.29. The average Bonchev–Trinajstić information content (AvgIpc) is 1.91. The molecule has 0 spiro atoms. The van der Waals surface area contributed by atoms with E-state index in [9.17, 15) is 0 Å². The van der Waals surface area contributed by atoms with E-state index in [0.29, 0.717) is 5.92 Å². The minimum absolute atomic E-state index is 0.588. The smallest absolute Gasteiger partial charge is 0.00588 e. The van der Waals surface area contributed by atoms with Crippen molar-refractivity contribution in [2.24, 2.45) is 5.92 Å². The lowest BCUT2D eigenvalue weighted by Gasteiger charge is -1.99. The minimum atomic E-state index is 0.588. The van der Waals surface area contributed by atoms with Gasteiger partial charge in [0.05, 0.1) is 0 Å². The number of hydrogen-bond acceptors (Lipinski definition) is 0. The fourth-order valence-electron chi connectivity index (χ4n) is 0.692. The lowest BCUT2D eigenvalue weighted by atomic mass is 10.1. The lowest BCUT2D eigenvalue weighted by molar-refractivity contribution is 0.772. The number of allylic oxidation sites excluding steroid dienone is 3. The van der Waals surface area contributed by atoms with Crippen molar-refractivity contribution in [1.29, 1.82) is 0 Å². The van der Waals surface area contributed by atoms with Crippen molar-refractivity contribution < 1.29 is 0 Å². The number of hydrogen-bond donors (Lipinski definition) is 0. The van der Waals surface area contributed by atoms with Gasteiger partial charge >= 0.3 is 0 Å². The Morgan fingerprint density at radius 1 is 1.44 bits per heavy atom. The van der Waals surface area contributed by atoms with Crippen molar-refractivity contribution in [3.63, 3.8) is 0 Å². The van der Waals surface area contributed by atoms with Crippen molar-refractivity contribution in [3.05, 3.63) is 24.8 Å². The van der Waals surface area contributed by atoms with Crippen LogP contribution in [0.1, 0.15) is 26.7 Å². The van der Waals surface area contributed by atoms with Crippen LogP contribution >= 0.6 is 0 Å². The second kappa shape index (κ2) is 5.61. The first-order valence-electron chi connectivity index (χ1n) is 3.64. The van der Waals surface area contributed by atoms with Crippen LogP contribution < -0.4 is 0 Å². The maximum absolute atomic E-state index is 3.73. The molecule has 0 aliphatic carbocycles. The Labute approximate surface area is 58.3 Å². The topological polar surface area (TPSA) is 0 Å². The van der Waals surface area contributed by atoms with Crippen molar-refractivity contribution in [2.75, 3.05) is 0 Å². The zero-order valence-electron chi connectivity index (χ0n) is 6.43. The van der Waals surface area contributed by atoms with Gasteiger partial charge in [-0.15, -0.1) is 6.58 Å². The van der Waals surface area contributed by atoms with Gasteiger partial charge in [0, 0.05) is 0 Å². The third-order valence-corrected chi connectivity index (χ3v) is 1.39. The predicted octanol–water partition coefficient (Wildman–Crippen LogP) is 3.16. The van der Waals surface area contributed by atoms with Crippen molar-refractivity contribution >= 4 is 0 Å². The van der Waals surface area contributed by atoms with Gasteiger partial charge in [0.1, 0.15) is 0 Å². The van der Waals surface area contributed by atoms with Gasteiger partial charge in [-0.1, -0.05) is 32.1 Å². The second-order valence-electron chi connectivity index (χ2n) is 2.14. The van der Waals surface area contributed by atoms with Crippen LogP contribution in [0.15, 0.2) is 24.8 Å². The monoisotopic (exact) mass is 124 g/mol. The molecule has 0 aliphatic rings. The van der Waals surface area contributed by atoms with E-state index in [1.54, 1.807) is 0 Å². The summed E-state index contributed by atoms with van der Waals surface area (Å²) in [6.07, 6.45) is 8.69. The quantitative estimate of drug-likeness (QED) is 0.505. The molecule has 0 saturated carbocycles. The molecule has 0 heterocycles. The first-order chi connectivity index (χ1) is 4.35. The van der Waals surface area contributed by atoms with Gasteiger partial charge in [-0.3, -0.25) is 0 Å². The normalized spacial score (nSPS) is 14.0. The van der Waals surface area contributed by atoms with Crippen molar-refractivity contribution in [1.82, 2.24) is 0 Å². The first kappa shape index (κ1) is 8.48. The molecule has 9 heavy (non-hydrogen) atoms. The summed E-state index contributed by atoms with van der Waals surface area (Å²) in [5, 5.41) is 0. The zero-order chi connectivity index (χ0) is 7.11. The molecule has 0 heteroatoms. The van der Waals surface area contributed by atoms with Crippen LogP contribution in [0.25, 0.3) is 0 Å².